The minimum Gasteiger partial charge on any atom is -0.494 e. The van der Waals surface area contributed by atoms with E-state index in [0.717, 1.165) is 27.9 Å². The van der Waals surface area contributed by atoms with Gasteiger partial charge in [0.25, 0.3) is 0 Å². The van der Waals surface area contributed by atoms with Gasteiger partial charge < -0.3 is 10.1 Å². The molecular weight excluding hydrogens is 371 g/mol. The molecule has 27 heavy (non-hydrogen) atoms. The number of amides is 1. The molecule has 146 valence electrons. The van der Waals surface area contributed by atoms with Gasteiger partial charge in [0, 0.05) is 6.54 Å². The maximum absolute atomic E-state index is 14.1. The van der Waals surface area contributed by atoms with E-state index in [4.69, 9.17) is 4.74 Å². The third kappa shape index (κ3) is 5.43. The Morgan fingerprint density at radius 3 is 2.37 bits per heavy atom. The number of benzene rings is 2. The Balaban J connectivity index is 2.12. The van der Waals surface area contributed by atoms with E-state index in [1.54, 1.807) is 24.3 Å². The highest BCUT2D eigenvalue weighted by atomic mass is 32.2. The first kappa shape index (κ1) is 20.7. The number of hydrogen-bond acceptors (Lipinski definition) is 4. The van der Waals surface area contributed by atoms with Crippen LogP contribution in [0.15, 0.2) is 48.5 Å². The Bertz CT molecular complexity index is 885. The van der Waals surface area contributed by atoms with Crippen LogP contribution in [0.1, 0.15) is 19.4 Å². The minimum atomic E-state index is -3.86. The summed E-state index contributed by atoms with van der Waals surface area (Å²) in [5.41, 5.74) is 0.666. The standard InChI is InChI=1S/C19H23FN2O4S/c1-4-26-16-11-9-15(10-12-16)13-21-19(23)14(2)22(27(3,24)25)18-8-6-5-7-17(18)20/h5-12,14H,4,13H2,1-3H3,(H,21,23). The molecule has 6 nitrogen and oxygen atoms in total. The van der Waals surface area contributed by atoms with E-state index in [2.05, 4.69) is 5.32 Å². The number of nitrogens with one attached hydrogen (secondary N) is 1. The van der Waals surface area contributed by atoms with Crippen molar-refractivity contribution in [1.82, 2.24) is 5.32 Å². The number of carbonyl (C=O) groups is 1. The molecule has 0 aliphatic heterocycles. The second kappa shape index (κ2) is 8.85. The summed E-state index contributed by atoms with van der Waals surface area (Å²) in [5, 5.41) is 2.68. The average molecular weight is 394 g/mol. The Labute approximate surface area is 159 Å². The highest BCUT2D eigenvalue weighted by molar-refractivity contribution is 7.92. The summed E-state index contributed by atoms with van der Waals surface area (Å²) in [6, 6.07) is 11.5. The van der Waals surface area contributed by atoms with Crippen LogP contribution in [0.4, 0.5) is 10.1 Å². The molecule has 8 heteroatoms. The molecule has 2 aromatic carbocycles. The van der Waals surface area contributed by atoms with Crippen molar-refractivity contribution >= 4 is 21.6 Å². The van der Waals surface area contributed by atoms with Crippen LogP contribution in [0.25, 0.3) is 0 Å². The molecule has 1 N–H and O–H groups in total. The van der Waals surface area contributed by atoms with E-state index in [9.17, 15) is 17.6 Å². The SMILES string of the molecule is CCOc1ccc(CNC(=O)C(C)N(c2ccccc2F)S(C)(=O)=O)cc1. The van der Waals surface area contributed by atoms with Crippen LogP contribution in [0.2, 0.25) is 0 Å². The molecule has 2 aromatic rings. The van der Waals surface area contributed by atoms with Gasteiger partial charge in [-0.1, -0.05) is 24.3 Å². The van der Waals surface area contributed by atoms with Crippen LogP contribution in [-0.4, -0.2) is 33.2 Å². The molecule has 1 atom stereocenters. The van der Waals surface area contributed by atoms with Crippen LogP contribution in [0, 0.1) is 5.82 Å². The number of para-hydroxylation sites is 1. The first-order chi connectivity index (χ1) is 12.7. The number of halogens is 1. The normalized spacial score (nSPS) is 12.3. The molecule has 0 saturated heterocycles. The lowest BCUT2D eigenvalue weighted by Gasteiger charge is -2.28. The highest BCUT2D eigenvalue weighted by Crippen LogP contribution is 2.24. The fourth-order valence-electron chi connectivity index (χ4n) is 2.62. The monoisotopic (exact) mass is 394 g/mol. The molecular formula is C19H23FN2O4S. The largest absolute Gasteiger partial charge is 0.494 e. The first-order valence-corrected chi connectivity index (χ1v) is 10.3. The fourth-order valence-corrected chi connectivity index (χ4v) is 3.79. The van der Waals surface area contributed by atoms with Gasteiger partial charge in [0.2, 0.25) is 15.9 Å². The maximum atomic E-state index is 14.1. The van der Waals surface area contributed by atoms with Crippen molar-refractivity contribution in [3.05, 3.63) is 59.9 Å². The zero-order chi connectivity index (χ0) is 20.0. The van der Waals surface area contributed by atoms with Gasteiger partial charge in [-0.05, 0) is 43.7 Å². The molecule has 0 aliphatic carbocycles. The van der Waals surface area contributed by atoms with Gasteiger partial charge in [-0.25, -0.2) is 12.8 Å². The van der Waals surface area contributed by atoms with Crippen molar-refractivity contribution in [2.45, 2.75) is 26.4 Å². The molecule has 0 radical (unpaired) electrons. The maximum Gasteiger partial charge on any atom is 0.243 e. The lowest BCUT2D eigenvalue weighted by molar-refractivity contribution is -0.122. The molecule has 0 bridgehead atoms. The molecule has 0 heterocycles. The van der Waals surface area contributed by atoms with Crippen molar-refractivity contribution in [3.8, 4) is 5.75 Å². The number of sulfonamides is 1. The van der Waals surface area contributed by atoms with E-state index in [0.29, 0.717) is 6.61 Å². The van der Waals surface area contributed by atoms with Crippen LogP contribution in [0.3, 0.4) is 0 Å². The smallest absolute Gasteiger partial charge is 0.243 e. The van der Waals surface area contributed by atoms with Crippen molar-refractivity contribution in [1.29, 1.82) is 0 Å². The quantitative estimate of drug-likeness (QED) is 0.747. The summed E-state index contributed by atoms with van der Waals surface area (Å²) in [6.07, 6.45) is 0.940. The van der Waals surface area contributed by atoms with E-state index in [1.165, 1.54) is 25.1 Å². The number of rotatable bonds is 8. The molecule has 0 aliphatic rings. The lowest BCUT2D eigenvalue weighted by Crippen LogP contribution is -2.48. The van der Waals surface area contributed by atoms with Crippen molar-refractivity contribution in [3.63, 3.8) is 0 Å². The van der Waals surface area contributed by atoms with Crippen LogP contribution in [0.5, 0.6) is 5.75 Å². The molecule has 1 unspecified atom stereocenters. The topological polar surface area (TPSA) is 75.7 Å². The summed E-state index contributed by atoms with van der Waals surface area (Å²) in [6.45, 7) is 4.08. The van der Waals surface area contributed by atoms with E-state index in [1.807, 2.05) is 6.92 Å². The second-order valence-corrected chi connectivity index (χ2v) is 7.84. The third-order valence-electron chi connectivity index (χ3n) is 3.88. The third-order valence-corrected chi connectivity index (χ3v) is 5.11. The Morgan fingerprint density at radius 2 is 1.81 bits per heavy atom. The number of hydrogen-bond donors (Lipinski definition) is 1. The Morgan fingerprint density at radius 1 is 1.19 bits per heavy atom. The van der Waals surface area contributed by atoms with E-state index >= 15 is 0 Å². The summed E-state index contributed by atoms with van der Waals surface area (Å²) >= 11 is 0. The second-order valence-electron chi connectivity index (χ2n) is 5.98. The summed E-state index contributed by atoms with van der Waals surface area (Å²) < 4.78 is 44.6. The van der Waals surface area contributed by atoms with Crippen LogP contribution < -0.4 is 14.4 Å². The predicted molar refractivity (Wildman–Crippen MR) is 103 cm³/mol. The van der Waals surface area contributed by atoms with Crippen molar-refractivity contribution < 1.29 is 22.3 Å². The summed E-state index contributed by atoms with van der Waals surface area (Å²) in [5.74, 6) is -0.518. The number of anilines is 1. The minimum absolute atomic E-state index is 0.163. The average Bonchev–Trinajstić information content (AvgIpc) is 2.61. The van der Waals surface area contributed by atoms with E-state index in [-0.39, 0.29) is 12.2 Å². The molecule has 2 rings (SSSR count). The summed E-state index contributed by atoms with van der Waals surface area (Å²) in [7, 11) is -3.86. The van der Waals surface area contributed by atoms with Crippen LogP contribution in [-0.2, 0) is 21.4 Å². The van der Waals surface area contributed by atoms with Gasteiger partial charge in [0.1, 0.15) is 17.6 Å². The molecule has 0 aromatic heterocycles. The number of carbonyl (C=O) groups excluding carboxylic acids is 1. The van der Waals surface area contributed by atoms with Crippen molar-refractivity contribution in [2.24, 2.45) is 0 Å². The van der Waals surface area contributed by atoms with Gasteiger partial charge in [-0.3, -0.25) is 9.10 Å². The molecule has 1 amide bonds. The zero-order valence-corrected chi connectivity index (χ0v) is 16.3. The first-order valence-electron chi connectivity index (χ1n) is 8.47. The van der Waals surface area contributed by atoms with Crippen LogP contribution >= 0.6 is 0 Å². The van der Waals surface area contributed by atoms with E-state index < -0.39 is 27.8 Å². The predicted octanol–water partition coefficient (Wildman–Crippen LogP) is 2.70. The van der Waals surface area contributed by atoms with Gasteiger partial charge in [0.15, 0.2) is 0 Å². The summed E-state index contributed by atoms with van der Waals surface area (Å²) in [4.78, 5) is 12.5. The zero-order valence-electron chi connectivity index (χ0n) is 15.5. The molecule has 0 saturated carbocycles. The molecule has 0 spiro atoms. The highest BCUT2D eigenvalue weighted by Gasteiger charge is 2.30. The van der Waals surface area contributed by atoms with Gasteiger partial charge in [-0.2, -0.15) is 0 Å². The number of nitrogens with zero attached hydrogens (tertiary/aromatic N) is 1. The van der Waals surface area contributed by atoms with Crippen molar-refractivity contribution in [2.75, 3.05) is 17.2 Å². The Kier molecular flexibility index (Phi) is 6.79. The van der Waals surface area contributed by atoms with Gasteiger partial charge in [0.05, 0.1) is 18.6 Å². The fraction of sp³-hybridized carbons (Fsp3) is 0.316. The number of ether oxygens (including phenoxy) is 1. The Hall–Kier alpha value is -2.61. The van der Waals surface area contributed by atoms with Gasteiger partial charge in [-0.15, -0.1) is 0 Å². The molecule has 0 fully saturated rings. The van der Waals surface area contributed by atoms with Gasteiger partial charge >= 0.3 is 0 Å². The lowest BCUT2D eigenvalue weighted by atomic mass is 10.2.